The summed E-state index contributed by atoms with van der Waals surface area (Å²) >= 11 is 15.6. The number of likely N-dealkylation sites (N-methyl/N-ethyl adjacent to an activating group) is 1. The van der Waals surface area contributed by atoms with Crippen molar-refractivity contribution in [3.63, 3.8) is 0 Å². The molecule has 0 spiro atoms. The van der Waals surface area contributed by atoms with Gasteiger partial charge in [-0.15, -0.1) is 22.7 Å². The number of hydrogen-bond donors (Lipinski definition) is 1. The Bertz CT molecular complexity index is 533. The van der Waals surface area contributed by atoms with Crippen LogP contribution in [-0.4, -0.2) is 6.54 Å². The van der Waals surface area contributed by atoms with E-state index >= 15 is 0 Å². The van der Waals surface area contributed by atoms with Crippen molar-refractivity contribution in [3.05, 3.63) is 42.2 Å². The first kappa shape index (κ1) is 15.3. The third kappa shape index (κ3) is 3.96. The van der Waals surface area contributed by atoms with Gasteiger partial charge in [0.2, 0.25) is 0 Å². The normalized spacial score (nSPS) is 12.8. The third-order valence-corrected chi connectivity index (χ3v) is 5.75. The minimum absolute atomic E-state index is 0.240. The molecule has 1 nitrogen and oxygen atoms in total. The maximum atomic E-state index is 6.27. The zero-order chi connectivity index (χ0) is 13.8. The Kier molecular flexibility index (Phi) is 5.72. The number of hydrogen-bond acceptors (Lipinski definition) is 3. The molecule has 2 rings (SSSR count). The molecule has 0 aliphatic carbocycles. The average molecular weight is 334 g/mol. The molecule has 0 saturated carbocycles. The lowest BCUT2D eigenvalue weighted by Gasteiger charge is -2.16. The molecule has 1 atom stereocenters. The Hall–Kier alpha value is -0.0600. The summed E-state index contributed by atoms with van der Waals surface area (Å²) in [5, 5.41) is 3.50. The minimum atomic E-state index is 0.240. The van der Waals surface area contributed by atoms with Gasteiger partial charge in [-0.25, -0.2) is 0 Å². The molecule has 0 bridgehead atoms. The van der Waals surface area contributed by atoms with Crippen LogP contribution in [0.15, 0.2) is 18.2 Å². The lowest BCUT2D eigenvalue weighted by Crippen LogP contribution is -2.22. The predicted octanol–water partition coefficient (Wildman–Crippen LogP) is 5.57. The highest BCUT2D eigenvalue weighted by Crippen LogP contribution is 2.36. The first-order valence-electron chi connectivity index (χ1n) is 6.39. The molecule has 0 aliphatic heterocycles. The van der Waals surface area contributed by atoms with Crippen molar-refractivity contribution in [2.24, 2.45) is 0 Å². The molecular weight excluding hydrogens is 317 g/mol. The topological polar surface area (TPSA) is 12.0 Å². The second-order valence-corrected chi connectivity index (χ2v) is 7.85. The van der Waals surface area contributed by atoms with Gasteiger partial charge in [-0.05, 0) is 31.2 Å². The highest BCUT2D eigenvalue weighted by Gasteiger charge is 2.18. The Morgan fingerprint density at radius 3 is 2.42 bits per heavy atom. The summed E-state index contributed by atoms with van der Waals surface area (Å²) in [5.74, 6) is 0. The van der Waals surface area contributed by atoms with E-state index in [1.165, 1.54) is 21.1 Å². The first-order chi connectivity index (χ1) is 9.13. The van der Waals surface area contributed by atoms with Gasteiger partial charge in [0.15, 0.2) is 0 Å². The molecule has 1 N–H and O–H groups in total. The molecule has 0 aliphatic rings. The highest BCUT2D eigenvalue weighted by molar-refractivity contribution is 7.20. The summed E-state index contributed by atoms with van der Waals surface area (Å²) < 4.78 is 1.55. The van der Waals surface area contributed by atoms with Crippen LogP contribution in [-0.2, 0) is 12.8 Å². The van der Waals surface area contributed by atoms with E-state index in [0.717, 1.165) is 33.6 Å². The second kappa shape index (κ2) is 7.09. The summed E-state index contributed by atoms with van der Waals surface area (Å²) in [6, 6.07) is 6.65. The van der Waals surface area contributed by atoms with Gasteiger partial charge in [-0.2, -0.15) is 0 Å². The molecule has 0 saturated heterocycles. The van der Waals surface area contributed by atoms with E-state index in [2.05, 4.69) is 31.3 Å². The van der Waals surface area contributed by atoms with Crippen LogP contribution >= 0.6 is 45.9 Å². The molecule has 2 aromatic rings. The van der Waals surface area contributed by atoms with E-state index in [0.29, 0.717) is 0 Å². The van der Waals surface area contributed by atoms with Crippen molar-refractivity contribution in [3.8, 4) is 0 Å². The molecule has 0 fully saturated rings. The molecular formula is C14H17Cl2NS2. The van der Waals surface area contributed by atoms with Crippen LogP contribution in [0.2, 0.25) is 8.67 Å². The molecule has 2 heterocycles. The third-order valence-electron chi connectivity index (χ3n) is 2.98. The molecule has 5 heteroatoms. The first-order valence-corrected chi connectivity index (χ1v) is 8.78. The largest absolute Gasteiger partial charge is 0.310 e. The monoisotopic (exact) mass is 333 g/mol. The predicted molar refractivity (Wildman–Crippen MR) is 88.2 cm³/mol. The van der Waals surface area contributed by atoms with Gasteiger partial charge in [-0.3, -0.25) is 0 Å². The van der Waals surface area contributed by atoms with E-state index < -0.39 is 0 Å². The van der Waals surface area contributed by atoms with Gasteiger partial charge in [0.05, 0.1) is 8.67 Å². The molecule has 0 radical (unpaired) electrons. The summed E-state index contributed by atoms with van der Waals surface area (Å²) in [7, 11) is 0. The summed E-state index contributed by atoms with van der Waals surface area (Å²) in [5.41, 5.74) is 1.12. The van der Waals surface area contributed by atoms with Crippen molar-refractivity contribution in [1.29, 1.82) is 0 Å². The fourth-order valence-electron chi connectivity index (χ4n) is 2.05. The highest BCUT2D eigenvalue weighted by atomic mass is 35.5. The Balaban J connectivity index is 2.18. The van der Waals surface area contributed by atoms with Crippen molar-refractivity contribution in [2.75, 3.05) is 6.54 Å². The van der Waals surface area contributed by atoms with E-state index in [1.807, 2.05) is 17.4 Å². The van der Waals surface area contributed by atoms with E-state index in [1.54, 1.807) is 0 Å². The van der Waals surface area contributed by atoms with Crippen LogP contribution in [0.4, 0.5) is 0 Å². The zero-order valence-electron chi connectivity index (χ0n) is 11.0. The average Bonchev–Trinajstić information content (AvgIpc) is 2.95. The minimum Gasteiger partial charge on any atom is -0.310 e. The van der Waals surface area contributed by atoms with E-state index in [4.69, 9.17) is 23.2 Å². The number of halogens is 2. The molecule has 0 aromatic carbocycles. The maximum absolute atomic E-state index is 6.27. The van der Waals surface area contributed by atoms with Crippen LogP contribution in [0.25, 0.3) is 0 Å². The summed E-state index contributed by atoms with van der Waals surface area (Å²) in [6.07, 6.45) is 2.06. The lowest BCUT2D eigenvalue weighted by atomic mass is 10.1. The Labute approximate surface area is 132 Å². The molecule has 2 aromatic heterocycles. The standard InChI is InChI=1S/C14H17Cl2NS2/c1-3-9-5-6-10(18-9)7-12(17-4-2)11-8-13(15)19-14(11)16/h5-6,8,12,17H,3-4,7H2,1-2H3. The van der Waals surface area contributed by atoms with Crippen LogP contribution in [0.5, 0.6) is 0 Å². The molecule has 19 heavy (non-hydrogen) atoms. The smallest absolute Gasteiger partial charge is 0.0992 e. The van der Waals surface area contributed by atoms with Crippen LogP contribution in [0.1, 0.15) is 35.2 Å². The molecule has 1 unspecified atom stereocenters. The summed E-state index contributed by atoms with van der Waals surface area (Å²) in [4.78, 5) is 2.82. The van der Waals surface area contributed by atoms with Crippen LogP contribution in [0, 0.1) is 0 Å². The zero-order valence-corrected chi connectivity index (χ0v) is 14.1. The van der Waals surface area contributed by atoms with Gasteiger partial charge < -0.3 is 5.32 Å². The molecule has 0 amide bonds. The quantitative estimate of drug-likeness (QED) is 0.728. The number of rotatable bonds is 6. The van der Waals surface area contributed by atoms with Crippen molar-refractivity contribution >= 4 is 45.9 Å². The van der Waals surface area contributed by atoms with Crippen molar-refractivity contribution < 1.29 is 0 Å². The van der Waals surface area contributed by atoms with E-state index in [9.17, 15) is 0 Å². The van der Waals surface area contributed by atoms with Crippen LogP contribution in [0.3, 0.4) is 0 Å². The SMILES string of the molecule is CCNC(Cc1ccc(CC)s1)c1cc(Cl)sc1Cl. The van der Waals surface area contributed by atoms with Crippen molar-refractivity contribution in [1.82, 2.24) is 5.32 Å². The van der Waals surface area contributed by atoms with Gasteiger partial charge >= 0.3 is 0 Å². The fourth-order valence-corrected chi connectivity index (χ4v) is 4.63. The number of nitrogens with one attached hydrogen (secondary N) is 1. The van der Waals surface area contributed by atoms with Crippen LogP contribution < -0.4 is 5.32 Å². The Morgan fingerprint density at radius 1 is 1.16 bits per heavy atom. The second-order valence-electron chi connectivity index (χ2n) is 4.32. The molecule has 104 valence electrons. The lowest BCUT2D eigenvalue weighted by molar-refractivity contribution is 0.555. The van der Waals surface area contributed by atoms with Crippen molar-refractivity contribution in [2.45, 2.75) is 32.7 Å². The Morgan fingerprint density at radius 2 is 1.89 bits per heavy atom. The summed E-state index contributed by atoms with van der Waals surface area (Å²) in [6.45, 7) is 5.22. The van der Waals surface area contributed by atoms with Gasteiger partial charge in [0.25, 0.3) is 0 Å². The number of thiophene rings is 2. The fraction of sp³-hybridized carbons (Fsp3) is 0.429. The maximum Gasteiger partial charge on any atom is 0.0992 e. The number of aryl methyl sites for hydroxylation is 1. The van der Waals surface area contributed by atoms with Gasteiger partial charge in [-0.1, -0.05) is 37.0 Å². The van der Waals surface area contributed by atoms with Gasteiger partial charge in [0, 0.05) is 27.8 Å². The van der Waals surface area contributed by atoms with E-state index in [-0.39, 0.29) is 6.04 Å². The van der Waals surface area contributed by atoms with Gasteiger partial charge in [0.1, 0.15) is 0 Å².